The Hall–Kier alpha value is -0.440. The zero-order valence-electron chi connectivity index (χ0n) is 7.97. The molecule has 0 aliphatic heterocycles. The van der Waals surface area contributed by atoms with Gasteiger partial charge in [-0.2, -0.15) is 0 Å². The number of hydrogen-bond acceptors (Lipinski definition) is 2. The number of benzene rings is 1. The summed E-state index contributed by atoms with van der Waals surface area (Å²) in [5.41, 5.74) is 5.58. The molecule has 0 aliphatic rings. The molecular weight excluding hydrogens is 221 g/mol. The molecule has 0 saturated carbocycles. The van der Waals surface area contributed by atoms with Gasteiger partial charge in [0, 0.05) is 16.1 Å². The minimum Gasteiger partial charge on any atom is -0.493 e. The Kier molecular flexibility index (Phi) is 4.52. The molecule has 1 aromatic rings. The normalized spacial score (nSPS) is 12.6. The summed E-state index contributed by atoms with van der Waals surface area (Å²) in [7, 11) is 0. The highest BCUT2D eigenvalue weighted by Crippen LogP contribution is 2.24. The van der Waals surface area contributed by atoms with Gasteiger partial charge < -0.3 is 10.5 Å². The Morgan fingerprint density at radius 2 is 1.86 bits per heavy atom. The van der Waals surface area contributed by atoms with E-state index in [1.54, 1.807) is 18.2 Å². The third-order valence-corrected chi connectivity index (χ3v) is 2.11. The minimum atomic E-state index is 0.143. The van der Waals surface area contributed by atoms with Gasteiger partial charge in [0.05, 0.1) is 6.61 Å². The van der Waals surface area contributed by atoms with E-state index in [-0.39, 0.29) is 6.04 Å². The zero-order valence-corrected chi connectivity index (χ0v) is 9.48. The van der Waals surface area contributed by atoms with Gasteiger partial charge in [0.2, 0.25) is 0 Å². The fourth-order valence-electron chi connectivity index (χ4n) is 0.975. The second kappa shape index (κ2) is 5.44. The molecule has 78 valence electrons. The molecule has 1 atom stereocenters. The number of rotatable bonds is 4. The van der Waals surface area contributed by atoms with Crippen LogP contribution in [0.25, 0.3) is 0 Å². The van der Waals surface area contributed by atoms with Crippen LogP contribution in [0.3, 0.4) is 0 Å². The van der Waals surface area contributed by atoms with Gasteiger partial charge in [-0.1, -0.05) is 23.2 Å². The maximum absolute atomic E-state index is 5.80. The number of halogens is 2. The summed E-state index contributed by atoms with van der Waals surface area (Å²) >= 11 is 11.6. The minimum absolute atomic E-state index is 0.143. The molecule has 0 heterocycles. The van der Waals surface area contributed by atoms with Crippen molar-refractivity contribution in [2.75, 3.05) is 6.61 Å². The quantitative estimate of drug-likeness (QED) is 0.868. The van der Waals surface area contributed by atoms with Gasteiger partial charge in [-0.25, -0.2) is 0 Å². The van der Waals surface area contributed by atoms with E-state index in [0.29, 0.717) is 22.4 Å². The van der Waals surface area contributed by atoms with E-state index in [9.17, 15) is 0 Å². The molecule has 0 bridgehead atoms. The summed E-state index contributed by atoms with van der Waals surface area (Å²) < 4.78 is 5.43. The fourth-order valence-corrected chi connectivity index (χ4v) is 1.48. The predicted octanol–water partition coefficient (Wildman–Crippen LogP) is 3.11. The van der Waals surface area contributed by atoms with Crippen molar-refractivity contribution in [3.8, 4) is 5.75 Å². The number of ether oxygens (including phenoxy) is 1. The molecule has 14 heavy (non-hydrogen) atoms. The summed E-state index contributed by atoms with van der Waals surface area (Å²) in [5, 5.41) is 1.15. The molecule has 0 amide bonds. The van der Waals surface area contributed by atoms with Crippen molar-refractivity contribution in [2.45, 2.75) is 19.4 Å². The van der Waals surface area contributed by atoms with E-state index in [2.05, 4.69) is 0 Å². The molecular formula is C10H13Cl2NO. The molecule has 0 aliphatic carbocycles. The molecule has 2 N–H and O–H groups in total. The fraction of sp³-hybridized carbons (Fsp3) is 0.400. The summed E-state index contributed by atoms with van der Waals surface area (Å²) in [6.07, 6.45) is 0.810. The first-order valence-electron chi connectivity index (χ1n) is 4.42. The average Bonchev–Trinajstić information content (AvgIpc) is 2.01. The van der Waals surface area contributed by atoms with E-state index >= 15 is 0 Å². The Balaban J connectivity index is 2.50. The van der Waals surface area contributed by atoms with Crippen LogP contribution >= 0.6 is 23.2 Å². The highest BCUT2D eigenvalue weighted by molar-refractivity contribution is 6.34. The molecule has 0 saturated heterocycles. The first-order valence-corrected chi connectivity index (χ1v) is 5.18. The van der Waals surface area contributed by atoms with Crippen molar-refractivity contribution in [2.24, 2.45) is 5.73 Å². The van der Waals surface area contributed by atoms with Gasteiger partial charge in [-0.15, -0.1) is 0 Å². The first-order chi connectivity index (χ1) is 6.58. The van der Waals surface area contributed by atoms with Gasteiger partial charge in [0.15, 0.2) is 0 Å². The molecule has 1 aromatic carbocycles. The van der Waals surface area contributed by atoms with Gasteiger partial charge in [-0.05, 0) is 31.5 Å². The van der Waals surface area contributed by atoms with Crippen LogP contribution in [-0.2, 0) is 0 Å². The number of nitrogens with two attached hydrogens (primary N) is 1. The summed E-state index contributed by atoms with van der Waals surface area (Å²) in [6.45, 7) is 2.52. The molecule has 1 rings (SSSR count). The molecule has 2 nitrogen and oxygen atoms in total. The maximum atomic E-state index is 5.80. The third kappa shape index (κ3) is 4.18. The molecule has 4 heteroatoms. The van der Waals surface area contributed by atoms with E-state index in [0.717, 1.165) is 6.42 Å². The molecule has 0 radical (unpaired) electrons. The smallest absolute Gasteiger partial charge is 0.122 e. The summed E-state index contributed by atoms with van der Waals surface area (Å²) in [6, 6.07) is 5.27. The lowest BCUT2D eigenvalue weighted by Gasteiger charge is -2.08. The van der Waals surface area contributed by atoms with Crippen LogP contribution in [0.5, 0.6) is 5.75 Å². The average molecular weight is 234 g/mol. The predicted molar refractivity (Wildman–Crippen MR) is 60.2 cm³/mol. The number of hydrogen-bond donors (Lipinski definition) is 1. The van der Waals surface area contributed by atoms with Crippen LogP contribution in [0.15, 0.2) is 18.2 Å². The van der Waals surface area contributed by atoms with Crippen molar-refractivity contribution >= 4 is 23.2 Å². The van der Waals surface area contributed by atoms with E-state index in [4.69, 9.17) is 33.7 Å². The standard InChI is InChI=1S/C10H13Cl2NO/c1-7(13)2-3-14-10-5-8(11)4-9(12)6-10/h4-7H,2-3,13H2,1H3. The van der Waals surface area contributed by atoms with Crippen LogP contribution < -0.4 is 10.5 Å². The van der Waals surface area contributed by atoms with Gasteiger partial charge >= 0.3 is 0 Å². The first kappa shape index (κ1) is 11.6. The van der Waals surface area contributed by atoms with Crippen molar-refractivity contribution in [3.05, 3.63) is 28.2 Å². The Morgan fingerprint density at radius 3 is 2.36 bits per heavy atom. The highest BCUT2D eigenvalue weighted by atomic mass is 35.5. The van der Waals surface area contributed by atoms with Crippen molar-refractivity contribution < 1.29 is 4.74 Å². The van der Waals surface area contributed by atoms with Crippen LogP contribution in [0, 0.1) is 0 Å². The van der Waals surface area contributed by atoms with Crippen LogP contribution in [0.1, 0.15) is 13.3 Å². The lowest BCUT2D eigenvalue weighted by Crippen LogP contribution is -2.18. The largest absolute Gasteiger partial charge is 0.493 e. The SMILES string of the molecule is CC(N)CCOc1cc(Cl)cc(Cl)c1. The van der Waals surface area contributed by atoms with Crippen LogP contribution in [0.4, 0.5) is 0 Å². The Labute approximate surface area is 94.0 Å². The van der Waals surface area contributed by atoms with Crippen molar-refractivity contribution in [3.63, 3.8) is 0 Å². The van der Waals surface area contributed by atoms with Crippen molar-refractivity contribution in [1.29, 1.82) is 0 Å². The van der Waals surface area contributed by atoms with Gasteiger partial charge in [0.1, 0.15) is 5.75 Å². The zero-order chi connectivity index (χ0) is 10.6. The second-order valence-electron chi connectivity index (χ2n) is 3.22. The third-order valence-electron chi connectivity index (χ3n) is 1.68. The topological polar surface area (TPSA) is 35.2 Å². The van der Waals surface area contributed by atoms with Crippen LogP contribution in [-0.4, -0.2) is 12.6 Å². The van der Waals surface area contributed by atoms with Crippen LogP contribution in [0.2, 0.25) is 10.0 Å². The monoisotopic (exact) mass is 233 g/mol. The van der Waals surface area contributed by atoms with Gasteiger partial charge in [0.25, 0.3) is 0 Å². The summed E-state index contributed by atoms with van der Waals surface area (Å²) in [4.78, 5) is 0. The van der Waals surface area contributed by atoms with Gasteiger partial charge in [-0.3, -0.25) is 0 Å². The molecule has 1 unspecified atom stereocenters. The second-order valence-corrected chi connectivity index (χ2v) is 4.09. The molecule has 0 fully saturated rings. The highest BCUT2D eigenvalue weighted by Gasteiger charge is 2.00. The molecule has 0 aromatic heterocycles. The maximum Gasteiger partial charge on any atom is 0.122 e. The van der Waals surface area contributed by atoms with E-state index < -0.39 is 0 Å². The summed E-state index contributed by atoms with van der Waals surface area (Å²) in [5.74, 6) is 0.683. The molecule has 0 spiro atoms. The lowest BCUT2D eigenvalue weighted by molar-refractivity contribution is 0.301. The van der Waals surface area contributed by atoms with E-state index in [1.165, 1.54) is 0 Å². The van der Waals surface area contributed by atoms with E-state index in [1.807, 2.05) is 6.92 Å². The lowest BCUT2D eigenvalue weighted by atomic mass is 10.3. The Bertz CT molecular complexity index is 282. The Morgan fingerprint density at radius 1 is 1.29 bits per heavy atom. The van der Waals surface area contributed by atoms with Crippen molar-refractivity contribution in [1.82, 2.24) is 0 Å².